The van der Waals surface area contributed by atoms with Crippen LogP contribution in [0.1, 0.15) is 29.0 Å². The molecule has 0 bridgehead atoms. The van der Waals surface area contributed by atoms with Gasteiger partial charge in [0.2, 0.25) is 0 Å². The molecule has 1 aromatic heterocycles. The molecule has 0 saturated carbocycles. The number of carbonyl (C=O) groups excluding carboxylic acids is 1. The minimum atomic E-state index is 0. The zero-order chi connectivity index (χ0) is 13.4. The first-order chi connectivity index (χ1) is 9.15. The Morgan fingerprint density at radius 3 is 2.40 bits per heavy atom. The molecular formula is C14H23ClN4O. The zero-order valence-electron chi connectivity index (χ0n) is 12.1. The molecule has 0 aromatic carbocycles. The number of carbonyl (C=O) groups is 1. The standard InChI is InChI=1S/C14H22N4O.ClH/c1-10-7-13(17(2)16-10)14(19)18-5-3-11-8-15-9-12(11)4-6-18;/h7,11-12,15H,3-6,8-9H2,1-2H3;1H/t11-,12+;. The minimum Gasteiger partial charge on any atom is -0.337 e. The van der Waals surface area contributed by atoms with E-state index in [1.807, 2.05) is 24.9 Å². The van der Waals surface area contributed by atoms with Crippen LogP contribution in [0.3, 0.4) is 0 Å². The van der Waals surface area contributed by atoms with Gasteiger partial charge in [0.15, 0.2) is 0 Å². The lowest BCUT2D eigenvalue weighted by atomic mass is 9.92. The predicted octanol–water partition coefficient (Wildman–Crippen LogP) is 1.22. The molecule has 0 spiro atoms. The largest absolute Gasteiger partial charge is 0.337 e. The van der Waals surface area contributed by atoms with Crippen molar-refractivity contribution < 1.29 is 4.79 Å². The number of aryl methyl sites for hydroxylation is 2. The summed E-state index contributed by atoms with van der Waals surface area (Å²) in [5.74, 6) is 1.65. The number of amides is 1. The summed E-state index contributed by atoms with van der Waals surface area (Å²) in [5, 5.41) is 7.73. The van der Waals surface area contributed by atoms with Crippen molar-refractivity contribution in [1.29, 1.82) is 0 Å². The topological polar surface area (TPSA) is 50.2 Å². The van der Waals surface area contributed by atoms with Gasteiger partial charge in [-0.3, -0.25) is 9.48 Å². The van der Waals surface area contributed by atoms with Crippen LogP contribution in [0.15, 0.2) is 6.07 Å². The van der Waals surface area contributed by atoms with E-state index in [1.165, 1.54) is 0 Å². The number of nitrogens with one attached hydrogen (secondary N) is 1. The normalized spacial score (nSPS) is 25.8. The monoisotopic (exact) mass is 298 g/mol. The summed E-state index contributed by atoms with van der Waals surface area (Å²) >= 11 is 0. The van der Waals surface area contributed by atoms with Crippen molar-refractivity contribution in [2.24, 2.45) is 18.9 Å². The SMILES string of the molecule is Cc1cc(C(=O)N2CC[C@@H]3CNC[C@@H]3CC2)n(C)n1.Cl. The van der Waals surface area contributed by atoms with Gasteiger partial charge in [0.25, 0.3) is 5.91 Å². The molecule has 2 aliphatic heterocycles. The number of hydrogen-bond acceptors (Lipinski definition) is 3. The summed E-state index contributed by atoms with van der Waals surface area (Å²) in [5.41, 5.74) is 1.62. The maximum absolute atomic E-state index is 12.6. The van der Waals surface area contributed by atoms with Crippen molar-refractivity contribution in [3.05, 3.63) is 17.5 Å². The fraction of sp³-hybridized carbons (Fsp3) is 0.714. The molecule has 112 valence electrons. The van der Waals surface area contributed by atoms with Crippen LogP contribution >= 0.6 is 12.4 Å². The third kappa shape index (κ3) is 2.83. The molecule has 0 radical (unpaired) electrons. The van der Waals surface area contributed by atoms with Gasteiger partial charge in [-0.1, -0.05) is 0 Å². The van der Waals surface area contributed by atoms with E-state index >= 15 is 0 Å². The number of halogens is 1. The Kier molecular flexibility index (Phi) is 4.70. The second kappa shape index (κ2) is 6.14. The number of aromatic nitrogens is 2. The van der Waals surface area contributed by atoms with Crippen molar-refractivity contribution in [3.8, 4) is 0 Å². The van der Waals surface area contributed by atoms with Crippen molar-refractivity contribution >= 4 is 18.3 Å². The Morgan fingerprint density at radius 1 is 1.30 bits per heavy atom. The summed E-state index contributed by atoms with van der Waals surface area (Å²) in [6, 6.07) is 1.88. The van der Waals surface area contributed by atoms with Gasteiger partial charge in [0.1, 0.15) is 5.69 Å². The summed E-state index contributed by atoms with van der Waals surface area (Å²) in [6.45, 7) is 5.93. The highest BCUT2D eigenvalue weighted by Crippen LogP contribution is 2.27. The number of hydrogen-bond donors (Lipinski definition) is 1. The quantitative estimate of drug-likeness (QED) is 0.848. The smallest absolute Gasteiger partial charge is 0.272 e. The number of likely N-dealkylation sites (tertiary alicyclic amines) is 1. The van der Waals surface area contributed by atoms with Crippen LogP contribution in [0.25, 0.3) is 0 Å². The summed E-state index contributed by atoms with van der Waals surface area (Å²) < 4.78 is 1.70. The van der Waals surface area contributed by atoms with Crippen LogP contribution < -0.4 is 5.32 Å². The molecule has 0 aliphatic carbocycles. The Labute approximate surface area is 126 Å². The highest BCUT2D eigenvalue weighted by Gasteiger charge is 2.32. The summed E-state index contributed by atoms with van der Waals surface area (Å²) in [7, 11) is 1.84. The Morgan fingerprint density at radius 2 is 1.90 bits per heavy atom. The van der Waals surface area contributed by atoms with Gasteiger partial charge in [-0.2, -0.15) is 5.10 Å². The average Bonchev–Trinajstić information content (AvgIpc) is 2.90. The zero-order valence-corrected chi connectivity index (χ0v) is 12.9. The Hall–Kier alpha value is -1.07. The molecular weight excluding hydrogens is 276 g/mol. The van der Waals surface area contributed by atoms with Crippen LogP contribution in [0.2, 0.25) is 0 Å². The van der Waals surface area contributed by atoms with E-state index in [0.29, 0.717) is 5.69 Å². The molecule has 2 saturated heterocycles. The third-order valence-electron chi connectivity index (χ3n) is 4.53. The van der Waals surface area contributed by atoms with E-state index in [-0.39, 0.29) is 18.3 Å². The fourth-order valence-electron chi connectivity index (χ4n) is 3.39. The van der Waals surface area contributed by atoms with Crippen molar-refractivity contribution in [2.45, 2.75) is 19.8 Å². The molecule has 20 heavy (non-hydrogen) atoms. The lowest BCUT2D eigenvalue weighted by molar-refractivity contribution is 0.0747. The molecule has 0 unspecified atom stereocenters. The van der Waals surface area contributed by atoms with Crippen LogP contribution in [-0.2, 0) is 7.05 Å². The summed E-state index contributed by atoms with van der Waals surface area (Å²) in [6.07, 6.45) is 2.25. The maximum Gasteiger partial charge on any atom is 0.272 e. The minimum absolute atomic E-state index is 0. The van der Waals surface area contributed by atoms with E-state index in [2.05, 4.69) is 10.4 Å². The van der Waals surface area contributed by atoms with Gasteiger partial charge in [0, 0.05) is 20.1 Å². The fourth-order valence-corrected chi connectivity index (χ4v) is 3.39. The average molecular weight is 299 g/mol. The number of nitrogens with zero attached hydrogens (tertiary/aromatic N) is 3. The predicted molar refractivity (Wildman–Crippen MR) is 80.2 cm³/mol. The molecule has 1 N–H and O–H groups in total. The van der Waals surface area contributed by atoms with Crippen LogP contribution in [0, 0.1) is 18.8 Å². The number of rotatable bonds is 1. The van der Waals surface area contributed by atoms with Gasteiger partial charge in [-0.05, 0) is 50.8 Å². The van der Waals surface area contributed by atoms with Crippen LogP contribution in [0.4, 0.5) is 0 Å². The van der Waals surface area contributed by atoms with E-state index in [1.54, 1.807) is 4.68 Å². The second-order valence-electron chi connectivity index (χ2n) is 5.84. The van der Waals surface area contributed by atoms with E-state index in [0.717, 1.165) is 56.6 Å². The molecule has 2 aliphatic rings. The molecule has 2 atom stereocenters. The van der Waals surface area contributed by atoms with E-state index in [9.17, 15) is 4.79 Å². The summed E-state index contributed by atoms with van der Waals surface area (Å²) in [4.78, 5) is 14.6. The lowest BCUT2D eigenvalue weighted by Gasteiger charge is -2.20. The molecule has 1 amide bonds. The van der Waals surface area contributed by atoms with Crippen molar-refractivity contribution in [2.75, 3.05) is 26.2 Å². The highest BCUT2D eigenvalue weighted by atomic mass is 35.5. The molecule has 3 rings (SSSR count). The van der Waals surface area contributed by atoms with Gasteiger partial charge < -0.3 is 10.2 Å². The molecule has 2 fully saturated rings. The van der Waals surface area contributed by atoms with Gasteiger partial charge >= 0.3 is 0 Å². The van der Waals surface area contributed by atoms with Crippen LogP contribution in [0.5, 0.6) is 0 Å². The van der Waals surface area contributed by atoms with Gasteiger partial charge in [-0.25, -0.2) is 0 Å². The van der Waals surface area contributed by atoms with Crippen molar-refractivity contribution in [3.63, 3.8) is 0 Å². The Balaban J connectivity index is 0.00000147. The Bertz CT molecular complexity index is 474. The third-order valence-corrected chi connectivity index (χ3v) is 4.53. The molecule has 6 heteroatoms. The lowest BCUT2D eigenvalue weighted by Crippen LogP contribution is -2.34. The second-order valence-corrected chi connectivity index (χ2v) is 5.84. The van der Waals surface area contributed by atoms with Crippen LogP contribution in [-0.4, -0.2) is 46.8 Å². The van der Waals surface area contributed by atoms with E-state index in [4.69, 9.17) is 0 Å². The first-order valence-electron chi connectivity index (χ1n) is 7.16. The molecule has 5 nitrogen and oxygen atoms in total. The number of fused-ring (bicyclic) bond motifs is 1. The maximum atomic E-state index is 12.6. The molecule has 3 heterocycles. The van der Waals surface area contributed by atoms with Gasteiger partial charge in [-0.15, -0.1) is 12.4 Å². The van der Waals surface area contributed by atoms with Crippen molar-refractivity contribution in [1.82, 2.24) is 20.0 Å². The molecule has 1 aromatic rings. The first kappa shape index (κ1) is 15.3. The first-order valence-corrected chi connectivity index (χ1v) is 7.16. The van der Waals surface area contributed by atoms with Gasteiger partial charge in [0.05, 0.1) is 5.69 Å². The highest BCUT2D eigenvalue weighted by molar-refractivity contribution is 5.92. The van der Waals surface area contributed by atoms with E-state index < -0.39 is 0 Å².